The highest BCUT2D eigenvalue weighted by molar-refractivity contribution is 6.31. The number of anilines is 1. The monoisotopic (exact) mass is 515 g/mol. The van der Waals surface area contributed by atoms with Crippen molar-refractivity contribution in [3.8, 4) is 5.75 Å². The number of carbonyl (C=O) groups excluding carboxylic acids is 1. The lowest BCUT2D eigenvalue weighted by atomic mass is 9.89. The van der Waals surface area contributed by atoms with Crippen LogP contribution < -0.4 is 10.1 Å². The summed E-state index contributed by atoms with van der Waals surface area (Å²) in [5.41, 5.74) is 6.91. The van der Waals surface area contributed by atoms with Crippen LogP contribution >= 0.6 is 11.6 Å². The Morgan fingerprint density at radius 2 is 1.86 bits per heavy atom. The topological polar surface area (TPSA) is 57.4 Å². The molecule has 1 aliphatic heterocycles. The average Bonchev–Trinajstić information content (AvgIpc) is 3.32. The van der Waals surface area contributed by atoms with Gasteiger partial charge in [0.05, 0.1) is 13.5 Å². The van der Waals surface area contributed by atoms with Gasteiger partial charge >= 0.3 is 0 Å². The Morgan fingerprint density at radius 1 is 1.08 bits per heavy atom. The third-order valence-electron chi connectivity index (χ3n) is 7.56. The maximum Gasteiger partial charge on any atom is 0.228 e. The summed E-state index contributed by atoms with van der Waals surface area (Å²) in [6.45, 7) is 5.37. The van der Waals surface area contributed by atoms with Gasteiger partial charge in [-0.1, -0.05) is 35.9 Å². The van der Waals surface area contributed by atoms with Crippen molar-refractivity contribution in [3.05, 3.63) is 94.1 Å². The van der Waals surface area contributed by atoms with Crippen LogP contribution in [0.15, 0.2) is 66.9 Å². The fourth-order valence-corrected chi connectivity index (χ4v) is 5.53. The minimum atomic E-state index is -0.0124. The predicted molar refractivity (Wildman–Crippen MR) is 152 cm³/mol. The number of hydrogen-bond donors (Lipinski definition) is 2. The maximum absolute atomic E-state index is 12.6. The molecule has 0 atom stereocenters. The van der Waals surface area contributed by atoms with Gasteiger partial charge < -0.3 is 19.9 Å². The summed E-state index contributed by atoms with van der Waals surface area (Å²) < 4.78 is 5.19. The molecular weight excluding hydrogens is 482 g/mol. The molecule has 1 amide bonds. The number of H-pyrrole nitrogens is 1. The number of amides is 1. The first kappa shape index (κ1) is 25.4. The number of aromatic amines is 1. The Bertz CT molecular complexity index is 1370. The molecule has 5 nitrogen and oxygen atoms in total. The molecule has 4 aromatic rings. The van der Waals surface area contributed by atoms with Crippen LogP contribution in [0.2, 0.25) is 5.02 Å². The number of nitrogens with zero attached hydrogens (tertiary/aromatic N) is 1. The zero-order valence-corrected chi connectivity index (χ0v) is 22.3. The Hall–Kier alpha value is -3.28. The van der Waals surface area contributed by atoms with Crippen molar-refractivity contribution < 1.29 is 9.53 Å². The van der Waals surface area contributed by atoms with Gasteiger partial charge in [-0.2, -0.15) is 0 Å². The van der Waals surface area contributed by atoms with Crippen molar-refractivity contribution in [1.82, 2.24) is 9.88 Å². The maximum atomic E-state index is 12.6. The molecule has 6 heteroatoms. The fraction of sp³-hybridized carbons (Fsp3) is 0.323. The van der Waals surface area contributed by atoms with E-state index in [-0.39, 0.29) is 5.91 Å². The minimum absolute atomic E-state index is 0.0124. The summed E-state index contributed by atoms with van der Waals surface area (Å²) in [6.07, 6.45) is 5.81. The van der Waals surface area contributed by atoms with Crippen molar-refractivity contribution in [2.24, 2.45) is 0 Å². The second kappa shape index (κ2) is 11.4. The van der Waals surface area contributed by atoms with Crippen molar-refractivity contribution in [1.29, 1.82) is 0 Å². The SMILES string of the molecule is COc1ccc(CC(=O)Nc2ccc(C)c(CCN3CCC(c4c[nH]c5cc(Cl)ccc45)CC3)c2)cc1. The zero-order valence-electron chi connectivity index (χ0n) is 21.5. The lowest BCUT2D eigenvalue weighted by Crippen LogP contribution is -2.34. The van der Waals surface area contributed by atoms with Crippen LogP contribution in [0.25, 0.3) is 10.9 Å². The number of carbonyl (C=O) groups is 1. The average molecular weight is 516 g/mol. The fourth-order valence-electron chi connectivity index (χ4n) is 5.36. The van der Waals surface area contributed by atoms with E-state index in [1.807, 2.05) is 42.5 Å². The van der Waals surface area contributed by atoms with Gasteiger partial charge in [-0.15, -0.1) is 0 Å². The van der Waals surface area contributed by atoms with Crippen LogP contribution in [0.3, 0.4) is 0 Å². The minimum Gasteiger partial charge on any atom is -0.497 e. The normalized spacial score (nSPS) is 14.7. The molecule has 0 saturated carbocycles. The van der Waals surface area contributed by atoms with Gasteiger partial charge in [-0.3, -0.25) is 4.79 Å². The molecule has 1 saturated heterocycles. The molecular formula is C31H34ClN3O2. The molecule has 0 unspecified atom stereocenters. The van der Waals surface area contributed by atoms with Gasteiger partial charge in [0, 0.05) is 34.4 Å². The Balaban J connectivity index is 1.13. The first-order chi connectivity index (χ1) is 18.0. The second-order valence-electron chi connectivity index (χ2n) is 10.0. The van der Waals surface area contributed by atoms with Gasteiger partial charge in [0.2, 0.25) is 5.91 Å². The molecule has 1 fully saturated rings. The molecule has 2 N–H and O–H groups in total. The van der Waals surface area contributed by atoms with Crippen LogP contribution in [-0.2, 0) is 17.6 Å². The highest BCUT2D eigenvalue weighted by atomic mass is 35.5. The van der Waals surface area contributed by atoms with E-state index >= 15 is 0 Å². The van der Waals surface area contributed by atoms with Crippen LogP contribution in [0.5, 0.6) is 5.75 Å². The number of nitrogens with one attached hydrogen (secondary N) is 2. The Kier molecular flexibility index (Phi) is 7.82. The number of rotatable bonds is 8. The number of aromatic nitrogens is 1. The molecule has 0 bridgehead atoms. The van der Waals surface area contributed by atoms with Crippen molar-refractivity contribution in [2.45, 2.75) is 38.5 Å². The molecule has 192 valence electrons. The van der Waals surface area contributed by atoms with Crippen LogP contribution in [0.4, 0.5) is 5.69 Å². The highest BCUT2D eigenvalue weighted by Gasteiger charge is 2.23. The standard InChI is InChI=1S/C31H34ClN3O2/c1-21-3-7-26(34-31(36)17-22-4-8-27(37-2)9-5-22)18-24(21)13-16-35-14-11-23(12-15-35)29-20-33-30-19-25(32)6-10-28(29)30/h3-10,18-20,23,33H,11-17H2,1-2H3,(H,34,36). The number of benzene rings is 3. The van der Waals surface area contributed by atoms with E-state index in [4.69, 9.17) is 16.3 Å². The largest absolute Gasteiger partial charge is 0.497 e. The summed E-state index contributed by atoms with van der Waals surface area (Å²) in [6, 6.07) is 20.0. The number of fused-ring (bicyclic) bond motifs is 1. The molecule has 0 aliphatic carbocycles. The first-order valence-corrected chi connectivity index (χ1v) is 13.4. The first-order valence-electron chi connectivity index (χ1n) is 13.0. The number of aryl methyl sites for hydroxylation is 1. The second-order valence-corrected chi connectivity index (χ2v) is 10.5. The lowest BCUT2D eigenvalue weighted by Gasteiger charge is -2.32. The molecule has 2 heterocycles. The summed E-state index contributed by atoms with van der Waals surface area (Å²) >= 11 is 6.15. The summed E-state index contributed by atoms with van der Waals surface area (Å²) in [5, 5.41) is 5.13. The molecule has 0 radical (unpaired) electrons. The molecule has 37 heavy (non-hydrogen) atoms. The van der Waals surface area contributed by atoms with E-state index in [0.717, 1.165) is 66.4 Å². The van der Waals surface area contributed by atoms with Gasteiger partial charge in [0.25, 0.3) is 0 Å². The van der Waals surface area contributed by atoms with Crippen LogP contribution in [0.1, 0.15) is 41.0 Å². The quantitative estimate of drug-likeness (QED) is 0.273. The number of halogens is 1. The molecule has 1 aromatic heterocycles. The highest BCUT2D eigenvalue weighted by Crippen LogP contribution is 2.34. The third kappa shape index (κ3) is 6.17. The summed E-state index contributed by atoms with van der Waals surface area (Å²) in [5.74, 6) is 1.36. The molecule has 5 rings (SSSR count). The summed E-state index contributed by atoms with van der Waals surface area (Å²) in [7, 11) is 1.64. The van der Waals surface area contributed by atoms with Gasteiger partial charge in [-0.25, -0.2) is 0 Å². The number of methoxy groups -OCH3 is 1. The number of likely N-dealkylation sites (tertiary alicyclic amines) is 1. The van der Waals surface area contributed by atoms with E-state index in [1.165, 1.54) is 22.1 Å². The number of ether oxygens (including phenoxy) is 1. The third-order valence-corrected chi connectivity index (χ3v) is 7.79. The predicted octanol–water partition coefficient (Wildman–Crippen LogP) is 6.74. The summed E-state index contributed by atoms with van der Waals surface area (Å²) in [4.78, 5) is 18.6. The van der Waals surface area contributed by atoms with E-state index < -0.39 is 0 Å². The Labute approximate surface area is 223 Å². The number of piperidine rings is 1. The van der Waals surface area contributed by atoms with Crippen molar-refractivity contribution in [3.63, 3.8) is 0 Å². The number of hydrogen-bond acceptors (Lipinski definition) is 3. The van der Waals surface area contributed by atoms with Gasteiger partial charge in [0.15, 0.2) is 0 Å². The van der Waals surface area contributed by atoms with Crippen molar-refractivity contribution >= 4 is 34.1 Å². The van der Waals surface area contributed by atoms with E-state index in [1.54, 1.807) is 7.11 Å². The van der Waals surface area contributed by atoms with E-state index in [2.05, 4.69) is 46.5 Å². The Morgan fingerprint density at radius 3 is 2.62 bits per heavy atom. The van der Waals surface area contributed by atoms with E-state index in [0.29, 0.717) is 12.3 Å². The van der Waals surface area contributed by atoms with Gasteiger partial charge in [-0.05, 0) is 104 Å². The zero-order chi connectivity index (χ0) is 25.8. The smallest absolute Gasteiger partial charge is 0.228 e. The molecule has 1 aliphatic rings. The molecule has 3 aromatic carbocycles. The molecule has 0 spiro atoms. The van der Waals surface area contributed by atoms with Crippen LogP contribution in [-0.4, -0.2) is 42.5 Å². The van der Waals surface area contributed by atoms with Crippen LogP contribution in [0, 0.1) is 6.92 Å². The lowest BCUT2D eigenvalue weighted by molar-refractivity contribution is -0.115. The van der Waals surface area contributed by atoms with Gasteiger partial charge in [0.1, 0.15) is 5.75 Å². The van der Waals surface area contributed by atoms with E-state index in [9.17, 15) is 4.79 Å². The van der Waals surface area contributed by atoms with Crippen molar-refractivity contribution in [2.75, 3.05) is 32.1 Å².